The van der Waals surface area contributed by atoms with Crippen molar-refractivity contribution in [3.63, 3.8) is 0 Å². The number of hydrogen-bond donors (Lipinski definition) is 0. The van der Waals surface area contributed by atoms with Crippen LogP contribution in [0.4, 0.5) is 0 Å². The van der Waals surface area contributed by atoms with Gasteiger partial charge in [-0.3, -0.25) is 0 Å². The third-order valence-electron chi connectivity index (χ3n) is 2.65. The van der Waals surface area contributed by atoms with Gasteiger partial charge in [0.2, 0.25) is 0 Å². The zero-order valence-corrected chi connectivity index (χ0v) is 10.9. The summed E-state index contributed by atoms with van der Waals surface area (Å²) in [6.07, 6.45) is 0. The molecule has 3 aromatic rings. The first kappa shape index (κ1) is 10.1. The standard InChI is InChI=1S/C14H9BrS/c15-13-7-6-11(10-4-2-1-3-5-10)14-12(13)8-9-16-14/h1-9H. The van der Waals surface area contributed by atoms with Gasteiger partial charge >= 0.3 is 0 Å². The van der Waals surface area contributed by atoms with Gasteiger partial charge in [-0.05, 0) is 28.6 Å². The van der Waals surface area contributed by atoms with Crippen LogP contribution in [0.25, 0.3) is 21.2 Å². The molecule has 0 atom stereocenters. The molecule has 0 aliphatic carbocycles. The zero-order chi connectivity index (χ0) is 11.0. The predicted molar refractivity (Wildman–Crippen MR) is 75.0 cm³/mol. The van der Waals surface area contributed by atoms with E-state index in [4.69, 9.17) is 0 Å². The molecule has 2 aromatic carbocycles. The van der Waals surface area contributed by atoms with Gasteiger partial charge < -0.3 is 0 Å². The molecule has 78 valence electrons. The molecule has 0 bridgehead atoms. The third-order valence-corrected chi connectivity index (χ3v) is 4.29. The number of thiophene rings is 1. The second kappa shape index (κ2) is 4.04. The first-order chi connectivity index (χ1) is 7.86. The molecule has 1 aromatic heterocycles. The van der Waals surface area contributed by atoms with E-state index in [2.05, 4.69) is 63.8 Å². The van der Waals surface area contributed by atoms with Gasteiger partial charge in [-0.15, -0.1) is 11.3 Å². The summed E-state index contributed by atoms with van der Waals surface area (Å²) in [4.78, 5) is 0. The van der Waals surface area contributed by atoms with Gasteiger partial charge in [0.25, 0.3) is 0 Å². The Bertz CT molecular complexity index is 626. The summed E-state index contributed by atoms with van der Waals surface area (Å²) in [6, 6.07) is 17.0. The minimum absolute atomic E-state index is 1.17. The van der Waals surface area contributed by atoms with Crippen LogP contribution >= 0.6 is 27.3 Å². The first-order valence-electron chi connectivity index (χ1n) is 5.07. The molecule has 0 unspecified atom stereocenters. The fourth-order valence-corrected chi connectivity index (χ4v) is 3.42. The van der Waals surface area contributed by atoms with Crippen molar-refractivity contribution in [3.05, 3.63) is 58.4 Å². The highest BCUT2D eigenvalue weighted by atomic mass is 79.9. The van der Waals surface area contributed by atoms with E-state index in [9.17, 15) is 0 Å². The molecule has 0 aliphatic rings. The first-order valence-corrected chi connectivity index (χ1v) is 6.74. The fourth-order valence-electron chi connectivity index (χ4n) is 1.87. The number of fused-ring (bicyclic) bond motifs is 1. The smallest absolute Gasteiger partial charge is 0.0432 e. The van der Waals surface area contributed by atoms with Crippen molar-refractivity contribution in [3.8, 4) is 11.1 Å². The molecular weight excluding hydrogens is 280 g/mol. The Morgan fingerprint density at radius 1 is 0.875 bits per heavy atom. The molecule has 0 amide bonds. The van der Waals surface area contributed by atoms with Crippen molar-refractivity contribution in [2.24, 2.45) is 0 Å². The van der Waals surface area contributed by atoms with E-state index in [1.54, 1.807) is 11.3 Å². The van der Waals surface area contributed by atoms with Gasteiger partial charge in [-0.2, -0.15) is 0 Å². The Labute approximate surface area is 107 Å². The highest BCUT2D eigenvalue weighted by Crippen LogP contribution is 2.36. The van der Waals surface area contributed by atoms with Crippen LogP contribution in [0.5, 0.6) is 0 Å². The van der Waals surface area contributed by atoms with E-state index in [1.807, 2.05) is 6.07 Å². The molecule has 0 spiro atoms. The lowest BCUT2D eigenvalue weighted by Gasteiger charge is -2.04. The summed E-state index contributed by atoms with van der Waals surface area (Å²) >= 11 is 5.38. The summed E-state index contributed by atoms with van der Waals surface area (Å²) in [6.45, 7) is 0. The Morgan fingerprint density at radius 2 is 1.69 bits per heavy atom. The Balaban J connectivity index is 2.33. The van der Waals surface area contributed by atoms with Crippen molar-refractivity contribution < 1.29 is 0 Å². The van der Waals surface area contributed by atoms with Gasteiger partial charge in [0.15, 0.2) is 0 Å². The van der Waals surface area contributed by atoms with Gasteiger partial charge in [0.1, 0.15) is 0 Å². The van der Waals surface area contributed by atoms with Crippen LogP contribution in [0.15, 0.2) is 58.4 Å². The van der Waals surface area contributed by atoms with Crippen molar-refractivity contribution >= 4 is 37.4 Å². The number of halogens is 1. The average Bonchev–Trinajstić information content (AvgIpc) is 2.81. The molecule has 0 radical (unpaired) electrons. The zero-order valence-electron chi connectivity index (χ0n) is 8.48. The maximum absolute atomic E-state index is 3.59. The van der Waals surface area contributed by atoms with Crippen LogP contribution in [0, 0.1) is 0 Å². The highest BCUT2D eigenvalue weighted by Gasteiger charge is 2.06. The summed E-state index contributed by atoms with van der Waals surface area (Å²) < 4.78 is 2.52. The molecule has 3 rings (SSSR count). The minimum atomic E-state index is 1.17. The SMILES string of the molecule is Brc1ccc(-c2ccccc2)c2sccc12. The Hall–Kier alpha value is -1.12. The lowest BCUT2D eigenvalue weighted by Crippen LogP contribution is -1.77. The second-order valence-corrected chi connectivity index (χ2v) is 5.39. The van der Waals surface area contributed by atoms with E-state index < -0.39 is 0 Å². The largest absolute Gasteiger partial charge is 0.143 e. The van der Waals surface area contributed by atoms with Crippen LogP contribution in [0.2, 0.25) is 0 Å². The normalized spacial score (nSPS) is 10.8. The van der Waals surface area contributed by atoms with E-state index >= 15 is 0 Å². The molecular formula is C14H9BrS. The number of rotatable bonds is 1. The van der Waals surface area contributed by atoms with E-state index in [0.29, 0.717) is 0 Å². The third kappa shape index (κ3) is 1.58. The molecule has 0 aliphatic heterocycles. The highest BCUT2D eigenvalue weighted by molar-refractivity contribution is 9.10. The molecule has 0 saturated carbocycles. The molecule has 0 N–H and O–H groups in total. The number of benzene rings is 2. The van der Waals surface area contributed by atoms with E-state index in [-0.39, 0.29) is 0 Å². The molecule has 0 saturated heterocycles. The average molecular weight is 289 g/mol. The van der Waals surface area contributed by atoms with Crippen molar-refractivity contribution in [2.75, 3.05) is 0 Å². The van der Waals surface area contributed by atoms with E-state index in [0.717, 1.165) is 0 Å². The molecule has 0 fully saturated rings. The van der Waals surface area contributed by atoms with Crippen LogP contribution in [-0.2, 0) is 0 Å². The fraction of sp³-hybridized carbons (Fsp3) is 0. The van der Waals surface area contributed by atoms with Crippen molar-refractivity contribution in [2.45, 2.75) is 0 Å². The van der Waals surface area contributed by atoms with Gasteiger partial charge in [0, 0.05) is 14.6 Å². The van der Waals surface area contributed by atoms with Gasteiger partial charge in [-0.1, -0.05) is 52.3 Å². The summed E-state index contributed by atoms with van der Waals surface area (Å²) in [5, 5.41) is 3.44. The molecule has 0 nitrogen and oxygen atoms in total. The number of hydrogen-bond acceptors (Lipinski definition) is 1. The maximum atomic E-state index is 3.59. The molecule has 1 heterocycles. The van der Waals surface area contributed by atoms with Gasteiger partial charge in [-0.25, -0.2) is 0 Å². The molecule has 2 heteroatoms. The van der Waals surface area contributed by atoms with Gasteiger partial charge in [0.05, 0.1) is 0 Å². The van der Waals surface area contributed by atoms with Crippen LogP contribution < -0.4 is 0 Å². The van der Waals surface area contributed by atoms with Crippen molar-refractivity contribution in [1.29, 1.82) is 0 Å². The van der Waals surface area contributed by atoms with E-state index in [1.165, 1.54) is 25.7 Å². The van der Waals surface area contributed by atoms with Crippen molar-refractivity contribution in [1.82, 2.24) is 0 Å². The topological polar surface area (TPSA) is 0 Å². The lowest BCUT2D eigenvalue weighted by atomic mass is 10.0. The summed E-state index contributed by atoms with van der Waals surface area (Å²) in [5.41, 5.74) is 2.59. The Kier molecular flexibility index (Phi) is 2.54. The monoisotopic (exact) mass is 288 g/mol. The summed E-state index contributed by atoms with van der Waals surface area (Å²) in [5.74, 6) is 0. The quantitative estimate of drug-likeness (QED) is 0.568. The van der Waals surface area contributed by atoms with Crippen LogP contribution in [-0.4, -0.2) is 0 Å². The second-order valence-electron chi connectivity index (χ2n) is 3.62. The lowest BCUT2D eigenvalue weighted by molar-refractivity contribution is 1.66. The van der Waals surface area contributed by atoms with Crippen LogP contribution in [0.1, 0.15) is 0 Å². The minimum Gasteiger partial charge on any atom is -0.143 e. The Morgan fingerprint density at radius 3 is 2.50 bits per heavy atom. The predicted octanol–water partition coefficient (Wildman–Crippen LogP) is 5.33. The summed E-state index contributed by atoms with van der Waals surface area (Å²) in [7, 11) is 0. The maximum Gasteiger partial charge on any atom is 0.0432 e. The van der Waals surface area contributed by atoms with Crippen LogP contribution in [0.3, 0.4) is 0 Å². The molecule has 16 heavy (non-hydrogen) atoms.